The summed E-state index contributed by atoms with van der Waals surface area (Å²) in [5, 5.41) is 1.98. The number of ether oxygens (including phenoxy) is 1. The standard InChI is InChI=1S/C14H18F3N3O3/c1-14(2,3)23-13(22)20(7-6-18)12(21)19-9-5-4-8(15)10(16)11(9)17/h4-5H,6-7,18H2,1-3H3,(H,19,21). The van der Waals surface area contributed by atoms with E-state index in [1.807, 2.05) is 5.32 Å². The number of hydrogen-bond acceptors (Lipinski definition) is 4. The molecule has 0 radical (unpaired) electrons. The molecule has 0 heterocycles. The molecule has 0 bridgehead atoms. The first-order valence-corrected chi connectivity index (χ1v) is 6.72. The molecule has 0 atom stereocenters. The van der Waals surface area contributed by atoms with Gasteiger partial charge in [0.1, 0.15) is 5.60 Å². The van der Waals surface area contributed by atoms with Gasteiger partial charge in [0.05, 0.1) is 5.69 Å². The topological polar surface area (TPSA) is 84.7 Å². The lowest BCUT2D eigenvalue weighted by molar-refractivity contribution is 0.0336. The molecule has 0 aliphatic heterocycles. The number of carbonyl (C=O) groups excluding carboxylic acids is 2. The van der Waals surface area contributed by atoms with Gasteiger partial charge in [0.15, 0.2) is 17.5 Å². The van der Waals surface area contributed by atoms with E-state index in [0.717, 1.165) is 6.07 Å². The molecule has 128 valence electrons. The number of anilines is 1. The van der Waals surface area contributed by atoms with Crippen molar-refractivity contribution in [2.45, 2.75) is 26.4 Å². The fourth-order valence-electron chi connectivity index (χ4n) is 1.53. The Morgan fingerprint density at radius 1 is 1.22 bits per heavy atom. The minimum atomic E-state index is -1.73. The molecule has 0 aliphatic rings. The van der Waals surface area contributed by atoms with Gasteiger partial charge in [-0.15, -0.1) is 0 Å². The maximum atomic E-state index is 13.6. The zero-order valence-electron chi connectivity index (χ0n) is 13.0. The fourth-order valence-corrected chi connectivity index (χ4v) is 1.53. The molecule has 0 aromatic heterocycles. The summed E-state index contributed by atoms with van der Waals surface area (Å²) in [7, 11) is 0. The highest BCUT2D eigenvalue weighted by Gasteiger charge is 2.27. The van der Waals surface area contributed by atoms with Crippen LogP contribution >= 0.6 is 0 Å². The van der Waals surface area contributed by atoms with Crippen molar-refractivity contribution >= 4 is 17.8 Å². The summed E-state index contributed by atoms with van der Waals surface area (Å²) in [6, 6.07) is 0.408. The van der Waals surface area contributed by atoms with Gasteiger partial charge in [-0.1, -0.05) is 0 Å². The van der Waals surface area contributed by atoms with Gasteiger partial charge in [-0.3, -0.25) is 0 Å². The van der Waals surface area contributed by atoms with Gasteiger partial charge < -0.3 is 15.8 Å². The second kappa shape index (κ2) is 7.32. The van der Waals surface area contributed by atoms with Crippen LogP contribution in [-0.4, -0.2) is 35.7 Å². The molecule has 23 heavy (non-hydrogen) atoms. The molecule has 0 aliphatic carbocycles. The monoisotopic (exact) mass is 333 g/mol. The minimum Gasteiger partial charge on any atom is -0.443 e. The maximum absolute atomic E-state index is 13.6. The van der Waals surface area contributed by atoms with Gasteiger partial charge in [-0.05, 0) is 32.9 Å². The van der Waals surface area contributed by atoms with Crippen molar-refractivity contribution in [1.82, 2.24) is 4.90 Å². The number of urea groups is 1. The highest BCUT2D eigenvalue weighted by Crippen LogP contribution is 2.20. The Morgan fingerprint density at radius 2 is 1.83 bits per heavy atom. The van der Waals surface area contributed by atoms with Crippen LogP contribution in [-0.2, 0) is 4.74 Å². The first-order valence-electron chi connectivity index (χ1n) is 6.72. The van der Waals surface area contributed by atoms with Crippen LogP contribution in [0.25, 0.3) is 0 Å². The molecule has 1 rings (SSSR count). The molecular weight excluding hydrogens is 315 g/mol. The molecule has 0 fully saturated rings. The Balaban J connectivity index is 2.95. The Hall–Kier alpha value is -2.29. The van der Waals surface area contributed by atoms with E-state index >= 15 is 0 Å². The number of hydrogen-bond donors (Lipinski definition) is 2. The van der Waals surface area contributed by atoms with Crippen LogP contribution in [0.3, 0.4) is 0 Å². The number of nitrogens with one attached hydrogen (secondary N) is 1. The van der Waals surface area contributed by atoms with Crippen LogP contribution in [0.5, 0.6) is 0 Å². The van der Waals surface area contributed by atoms with Gasteiger partial charge >= 0.3 is 12.1 Å². The Labute approximate surface area is 131 Å². The van der Waals surface area contributed by atoms with Gasteiger partial charge in [-0.2, -0.15) is 0 Å². The lowest BCUT2D eigenvalue weighted by atomic mass is 10.2. The van der Waals surface area contributed by atoms with E-state index in [0.29, 0.717) is 11.0 Å². The molecular formula is C14H18F3N3O3. The summed E-state index contributed by atoms with van der Waals surface area (Å²) in [6.07, 6.45) is -0.997. The molecule has 0 unspecified atom stereocenters. The van der Waals surface area contributed by atoms with Crippen LogP contribution in [0, 0.1) is 17.5 Å². The van der Waals surface area contributed by atoms with E-state index in [4.69, 9.17) is 10.5 Å². The third kappa shape index (κ3) is 5.13. The van der Waals surface area contributed by atoms with Crippen LogP contribution in [0.4, 0.5) is 28.4 Å². The maximum Gasteiger partial charge on any atom is 0.418 e. The molecule has 6 nitrogen and oxygen atoms in total. The van der Waals surface area contributed by atoms with Gasteiger partial charge in [-0.25, -0.2) is 27.7 Å². The molecule has 3 N–H and O–H groups in total. The molecule has 0 saturated carbocycles. The Kier molecular flexibility index (Phi) is 5.97. The van der Waals surface area contributed by atoms with Gasteiger partial charge in [0, 0.05) is 13.1 Å². The number of imide groups is 1. The third-order valence-electron chi connectivity index (χ3n) is 2.49. The molecule has 0 spiro atoms. The lowest BCUT2D eigenvalue weighted by Crippen LogP contribution is -2.45. The predicted molar refractivity (Wildman–Crippen MR) is 77.3 cm³/mol. The number of nitrogens with zero attached hydrogens (tertiary/aromatic N) is 1. The summed E-state index contributed by atoms with van der Waals surface area (Å²) in [5.41, 5.74) is 3.85. The van der Waals surface area contributed by atoms with Gasteiger partial charge in [0.25, 0.3) is 0 Å². The normalized spacial score (nSPS) is 11.1. The van der Waals surface area contributed by atoms with Crippen LogP contribution in [0.2, 0.25) is 0 Å². The quantitative estimate of drug-likeness (QED) is 0.833. The first kappa shape index (κ1) is 18.8. The summed E-state index contributed by atoms with van der Waals surface area (Å²) < 4.78 is 44.6. The van der Waals surface area contributed by atoms with Gasteiger partial charge in [0.2, 0.25) is 0 Å². The number of rotatable bonds is 3. The van der Waals surface area contributed by atoms with Crippen LogP contribution in [0.1, 0.15) is 20.8 Å². The average molecular weight is 333 g/mol. The number of halogens is 3. The van der Waals surface area contributed by atoms with Crippen LogP contribution < -0.4 is 11.1 Å². The van der Waals surface area contributed by atoms with Crippen molar-refractivity contribution in [3.8, 4) is 0 Å². The van der Waals surface area contributed by atoms with E-state index in [1.54, 1.807) is 20.8 Å². The van der Waals surface area contributed by atoms with Crippen molar-refractivity contribution in [2.24, 2.45) is 5.73 Å². The second-order valence-electron chi connectivity index (χ2n) is 5.57. The summed E-state index contributed by atoms with van der Waals surface area (Å²) in [6.45, 7) is 4.52. The van der Waals surface area contributed by atoms with E-state index in [-0.39, 0.29) is 13.1 Å². The fraction of sp³-hybridized carbons (Fsp3) is 0.429. The third-order valence-corrected chi connectivity index (χ3v) is 2.49. The highest BCUT2D eigenvalue weighted by atomic mass is 19.2. The number of benzene rings is 1. The lowest BCUT2D eigenvalue weighted by Gasteiger charge is -2.26. The number of nitrogens with two attached hydrogens (primary N) is 1. The smallest absolute Gasteiger partial charge is 0.418 e. The Morgan fingerprint density at radius 3 is 2.35 bits per heavy atom. The molecule has 9 heteroatoms. The molecule has 1 aromatic carbocycles. The Bertz CT molecular complexity index is 603. The summed E-state index contributed by atoms with van der Waals surface area (Å²) in [4.78, 5) is 24.6. The van der Waals surface area contributed by atoms with E-state index < -0.39 is 40.9 Å². The number of amides is 3. The predicted octanol–water partition coefficient (Wildman–Crippen LogP) is 2.83. The van der Waals surface area contributed by atoms with Crippen molar-refractivity contribution in [2.75, 3.05) is 18.4 Å². The average Bonchev–Trinajstić information content (AvgIpc) is 2.43. The van der Waals surface area contributed by atoms with Crippen molar-refractivity contribution in [3.63, 3.8) is 0 Å². The molecule has 3 amide bonds. The van der Waals surface area contributed by atoms with Crippen LogP contribution in [0.15, 0.2) is 12.1 Å². The SMILES string of the molecule is CC(C)(C)OC(=O)N(CCN)C(=O)Nc1ccc(F)c(F)c1F. The van der Waals surface area contributed by atoms with Crippen molar-refractivity contribution in [3.05, 3.63) is 29.6 Å². The van der Waals surface area contributed by atoms with E-state index in [2.05, 4.69) is 0 Å². The molecule has 1 aromatic rings. The molecule has 0 saturated heterocycles. The van der Waals surface area contributed by atoms with Crippen molar-refractivity contribution in [1.29, 1.82) is 0 Å². The summed E-state index contributed by atoms with van der Waals surface area (Å²) >= 11 is 0. The number of carbonyl (C=O) groups is 2. The van der Waals surface area contributed by atoms with E-state index in [9.17, 15) is 22.8 Å². The summed E-state index contributed by atoms with van der Waals surface area (Å²) in [5.74, 6) is -4.70. The largest absolute Gasteiger partial charge is 0.443 e. The minimum absolute atomic E-state index is 0.0626. The zero-order chi connectivity index (χ0) is 17.8. The zero-order valence-corrected chi connectivity index (χ0v) is 13.0. The second-order valence-corrected chi connectivity index (χ2v) is 5.57. The first-order chi connectivity index (χ1) is 10.6. The van der Waals surface area contributed by atoms with E-state index in [1.165, 1.54) is 0 Å². The van der Waals surface area contributed by atoms with Crippen molar-refractivity contribution < 1.29 is 27.5 Å². The highest BCUT2D eigenvalue weighted by molar-refractivity contribution is 5.99.